The quantitative estimate of drug-likeness (QED) is 0.812. The van der Waals surface area contributed by atoms with E-state index in [0.29, 0.717) is 11.3 Å². The number of carbonyl (C=O) groups is 2. The van der Waals surface area contributed by atoms with Crippen LogP contribution in [0, 0.1) is 0 Å². The second-order valence-corrected chi connectivity index (χ2v) is 5.55. The van der Waals surface area contributed by atoms with E-state index in [-0.39, 0.29) is 42.8 Å². The van der Waals surface area contributed by atoms with Crippen LogP contribution in [0.4, 0.5) is 0 Å². The molecular weight excluding hydrogens is 304 g/mol. The lowest BCUT2D eigenvalue weighted by Gasteiger charge is -2.26. The van der Waals surface area contributed by atoms with Crippen LogP contribution in [0.1, 0.15) is 43.0 Å². The molecule has 0 unspecified atom stereocenters. The lowest BCUT2D eigenvalue weighted by molar-refractivity contribution is -0.124. The third-order valence-electron chi connectivity index (χ3n) is 3.75. The molecule has 1 aliphatic rings. The number of halogens is 1. The van der Waals surface area contributed by atoms with Gasteiger partial charge in [-0.3, -0.25) is 9.59 Å². The van der Waals surface area contributed by atoms with Gasteiger partial charge in [0.1, 0.15) is 5.75 Å². The molecule has 2 rings (SSSR count). The molecule has 1 aliphatic carbocycles. The Morgan fingerprint density at radius 3 is 2.59 bits per heavy atom. The van der Waals surface area contributed by atoms with Crippen LogP contribution in [0.3, 0.4) is 0 Å². The summed E-state index contributed by atoms with van der Waals surface area (Å²) in [5.41, 5.74) is 6.41. The minimum absolute atomic E-state index is 0. The number of nitrogens with two attached hydrogens (primary N) is 1. The predicted octanol–water partition coefficient (Wildman–Crippen LogP) is 2.08. The number of hydrogen-bond acceptors (Lipinski definition) is 4. The van der Waals surface area contributed by atoms with Crippen LogP contribution in [-0.4, -0.2) is 30.4 Å². The molecule has 0 aliphatic heterocycles. The second-order valence-electron chi connectivity index (χ2n) is 5.55. The predicted molar refractivity (Wildman–Crippen MR) is 87.6 cm³/mol. The molecule has 0 heterocycles. The molecule has 0 bridgehead atoms. The number of Topliss-reactive ketones (excluding diaryl/α,β-unsaturated/α-hetero) is 1. The van der Waals surface area contributed by atoms with Crippen molar-refractivity contribution in [3.05, 3.63) is 29.8 Å². The molecule has 1 aromatic rings. The van der Waals surface area contributed by atoms with E-state index in [4.69, 9.17) is 10.5 Å². The van der Waals surface area contributed by atoms with Crippen LogP contribution in [0.15, 0.2) is 24.3 Å². The SMILES string of the molecule is CC(=O)c1cccc(OCC(=O)NC2CCC(N)CC2)c1.Cl. The summed E-state index contributed by atoms with van der Waals surface area (Å²) in [6.45, 7) is 1.46. The molecule has 0 atom stereocenters. The second kappa shape index (κ2) is 8.76. The Morgan fingerprint density at radius 1 is 1.27 bits per heavy atom. The number of rotatable bonds is 5. The van der Waals surface area contributed by atoms with Gasteiger partial charge in [0.05, 0.1) is 0 Å². The van der Waals surface area contributed by atoms with Crippen LogP contribution in [-0.2, 0) is 4.79 Å². The van der Waals surface area contributed by atoms with E-state index in [1.165, 1.54) is 6.92 Å². The number of ketones is 1. The van der Waals surface area contributed by atoms with Gasteiger partial charge >= 0.3 is 0 Å². The van der Waals surface area contributed by atoms with E-state index in [1.54, 1.807) is 24.3 Å². The van der Waals surface area contributed by atoms with Crippen molar-refractivity contribution < 1.29 is 14.3 Å². The van der Waals surface area contributed by atoms with Gasteiger partial charge in [0.15, 0.2) is 12.4 Å². The Bertz CT molecular complexity index is 514. The van der Waals surface area contributed by atoms with Crippen LogP contribution in [0.5, 0.6) is 5.75 Å². The Morgan fingerprint density at radius 2 is 1.95 bits per heavy atom. The molecule has 5 nitrogen and oxygen atoms in total. The molecular formula is C16H23ClN2O3. The summed E-state index contributed by atoms with van der Waals surface area (Å²) in [6.07, 6.45) is 3.75. The first kappa shape index (κ1) is 18.5. The third kappa shape index (κ3) is 5.66. The monoisotopic (exact) mass is 326 g/mol. The Balaban J connectivity index is 0.00000242. The van der Waals surface area contributed by atoms with Crippen molar-refractivity contribution in [2.24, 2.45) is 5.73 Å². The number of amides is 1. The topological polar surface area (TPSA) is 81.4 Å². The minimum Gasteiger partial charge on any atom is -0.484 e. The van der Waals surface area contributed by atoms with Crippen molar-refractivity contribution >= 4 is 24.1 Å². The van der Waals surface area contributed by atoms with Gasteiger partial charge in [-0.25, -0.2) is 0 Å². The zero-order valence-electron chi connectivity index (χ0n) is 12.7. The average molecular weight is 327 g/mol. The van der Waals surface area contributed by atoms with E-state index < -0.39 is 0 Å². The summed E-state index contributed by atoms with van der Waals surface area (Å²) in [7, 11) is 0. The van der Waals surface area contributed by atoms with Crippen molar-refractivity contribution in [1.82, 2.24) is 5.32 Å². The normalized spacial score (nSPS) is 20.6. The van der Waals surface area contributed by atoms with Gasteiger partial charge in [-0.15, -0.1) is 12.4 Å². The third-order valence-corrected chi connectivity index (χ3v) is 3.75. The fourth-order valence-electron chi connectivity index (χ4n) is 2.49. The number of carbonyl (C=O) groups excluding carboxylic acids is 2. The van der Waals surface area contributed by atoms with E-state index in [9.17, 15) is 9.59 Å². The standard InChI is InChI=1S/C16H22N2O3.ClH/c1-11(19)12-3-2-4-15(9-12)21-10-16(20)18-14-7-5-13(17)6-8-14;/h2-4,9,13-14H,5-8,10,17H2,1H3,(H,18,20);1H. The maximum atomic E-state index is 11.9. The van der Waals surface area contributed by atoms with Gasteiger partial charge in [0.25, 0.3) is 5.91 Å². The highest BCUT2D eigenvalue weighted by atomic mass is 35.5. The molecule has 3 N–H and O–H groups in total. The largest absolute Gasteiger partial charge is 0.484 e. The van der Waals surface area contributed by atoms with Crippen LogP contribution in [0.2, 0.25) is 0 Å². The summed E-state index contributed by atoms with van der Waals surface area (Å²) in [4.78, 5) is 23.1. The van der Waals surface area contributed by atoms with Crippen molar-refractivity contribution in [1.29, 1.82) is 0 Å². The molecule has 1 saturated carbocycles. The van der Waals surface area contributed by atoms with Crippen LogP contribution >= 0.6 is 12.4 Å². The Hall–Kier alpha value is -1.59. The first-order chi connectivity index (χ1) is 10.0. The number of nitrogens with one attached hydrogen (secondary N) is 1. The Kier molecular flexibility index (Phi) is 7.35. The molecule has 6 heteroatoms. The number of hydrogen-bond donors (Lipinski definition) is 2. The molecule has 1 fully saturated rings. The molecule has 1 amide bonds. The van der Waals surface area contributed by atoms with E-state index in [2.05, 4.69) is 5.32 Å². The summed E-state index contributed by atoms with van der Waals surface area (Å²) < 4.78 is 5.43. The molecule has 0 radical (unpaired) electrons. The van der Waals surface area contributed by atoms with Crippen molar-refractivity contribution in [2.75, 3.05) is 6.61 Å². The molecule has 0 spiro atoms. The van der Waals surface area contributed by atoms with Crippen molar-refractivity contribution in [3.63, 3.8) is 0 Å². The zero-order valence-corrected chi connectivity index (χ0v) is 13.5. The van der Waals surface area contributed by atoms with Gasteiger partial charge in [-0.05, 0) is 44.7 Å². The molecule has 1 aromatic carbocycles. The van der Waals surface area contributed by atoms with Gasteiger partial charge in [-0.1, -0.05) is 12.1 Å². The lowest BCUT2D eigenvalue weighted by atomic mass is 9.92. The maximum absolute atomic E-state index is 11.9. The number of ether oxygens (including phenoxy) is 1. The highest BCUT2D eigenvalue weighted by molar-refractivity contribution is 5.94. The smallest absolute Gasteiger partial charge is 0.258 e. The highest BCUT2D eigenvalue weighted by Gasteiger charge is 2.20. The summed E-state index contributed by atoms with van der Waals surface area (Å²) in [5.74, 6) is 0.371. The van der Waals surface area contributed by atoms with E-state index in [0.717, 1.165) is 25.7 Å². The van der Waals surface area contributed by atoms with Gasteiger partial charge < -0.3 is 15.8 Å². The minimum atomic E-state index is -0.135. The molecule has 122 valence electrons. The van der Waals surface area contributed by atoms with Crippen LogP contribution in [0.25, 0.3) is 0 Å². The van der Waals surface area contributed by atoms with Crippen molar-refractivity contribution in [3.8, 4) is 5.75 Å². The average Bonchev–Trinajstić information content (AvgIpc) is 2.48. The first-order valence-electron chi connectivity index (χ1n) is 7.33. The van der Waals surface area contributed by atoms with Gasteiger partial charge in [-0.2, -0.15) is 0 Å². The summed E-state index contributed by atoms with van der Waals surface area (Å²) >= 11 is 0. The van der Waals surface area contributed by atoms with Gasteiger partial charge in [0.2, 0.25) is 0 Å². The molecule has 0 saturated heterocycles. The lowest BCUT2D eigenvalue weighted by Crippen LogP contribution is -2.42. The summed E-state index contributed by atoms with van der Waals surface area (Å²) in [5, 5.41) is 2.96. The van der Waals surface area contributed by atoms with Crippen LogP contribution < -0.4 is 15.8 Å². The van der Waals surface area contributed by atoms with Crippen molar-refractivity contribution in [2.45, 2.75) is 44.7 Å². The summed E-state index contributed by atoms with van der Waals surface area (Å²) in [6, 6.07) is 7.31. The van der Waals surface area contributed by atoms with E-state index >= 15 is 0 Å². The maximum Gasteiger partial charge on any atom is 0.258 e. The molecule has 22 heavy (non-hydrogen) atoms. The molecule has 0 aromatic heterocycles. The number of benzene rings is 1. The van der Waals surface area contributed by atoms with Gasteiger partial charge in [0, 0.05) is 17.6 Å². The first-order valence-corrected chi connectivity index (χ1v) is 7.33. The zero-order chi connectivity index (χ0) is 15.2. The fraction of sp³-hybridized carbons (Fsp3) is 0.500. The highest BCUT2D eigenvalue weighted by Crippen LogP contribution is 2.17. The van der Waals surface area contributed by atoms with E-state index in [1.807, 2.05) is 0 Å². The Labute approximate surface area is 137 Å². The fourth-order valence-corrected chi connectivity index (χ4v) is 2.49.